The van der Waals surface area contributed by atoms with Crippen LogP contribution in [-0.2, 0) is 0 Å². The molecule has 0 aromatic carbocycles. The molecule has 0 spiro atoms. The Hall–Kier alpha value is -1.19. The molecule has 2 heterocycles. The van der Waals surface area contributed by atoms with E-state index in [-0.39, 0.29) is 0 Å². The second-order valence-electron chi connectivity index (χ2n) is 1.91. The molecule has 0 aromatic heterocycles. The van der Waals surface area contributed by atoms with E-state index in [1.807, 2.05) is 4.90 Å². The van der Waals surface area contributed by atoms with Gasteiger partial charge < -0.3 is 4.90 Å². The summed E-state index contributed by atoms with van der Waals surface area (Å²) in [5.41, 5.74) is 0. The smallest absolute Gasteiger partial charge is 0.149 e. The number of fused-ring (bicyclic) bond motifs is 1. The van der Waals surface area contributed by atoms with Gasteiger partial charge in [-0.3, -0.25) is 4.99 Å². The molecule has 0 unspecified atom stereocenters. The molecule has 4 nitrogen and oxygen atoms in total. The molecule has 0 radical (unpaired) electrons. The molecule has 4 heteroatoms. The van der Waals surface area contributed by atoms with Crippen molar-refractivity contribution in [3.05, 3.63) is 0 Å². The number of nitrogens with zero attached hydrogens (tertiary/aromatic N) is 4. The Morgan fingerprint density at radius 2 is 2.44 bits per heavy atom. The van der Waals surface area contributed by atoms with Crippen LogP contribution in [0, 0.1) is 0 Å². The molecule has 2 rings (SSSR count). The fraction of sp³-hybridized carbons (Fsp3) is 0.400. The van der Waals surface area contributed by atoms with Gasteiger partial charge in [0.1, 0.15) is 12.2 Å². The molecule has 0 amide bonds. The molecule has 2 aliphatic heterocycles. The maximum Gasteiger partial charge on any atom is 0.149 e. The maximum absolute atomic E-state index is 4.16. The highest BCUT2D eigenvalue weighted by Crippen LogP contribution is 1.99. The molecule has 2 aliphatic rings. The maximum atomic E-state index is 4.16. The molecule has 46 valence electrons. The Morgan fingerprint density at radius 3 is 3.33 bits per heavy atom. The number of hydrogen-bond donors (Lipinski definition) is 0. The van der Waals surface area contributed by atoms with Crippen LogP contribution in [0.15, 0.2) is 15.2 Å². The lowest BCUT2D eigenvalue weighted by Crippen LogP contribution is -2.28. The number of rotatable bonds is 0. The topological polar surface area (TPSA) is 40.3 Å². The predicted molar refractivity (Wildman–Crippen MR) is 36.0 cm³/mol. The van der Waals surface area contributed by atoms with Crippen LogP contribution in [0.5, 0.6) is 0 Å². The lowest BCUT2D eigenvalue weighted by molar-refractivity contribution is 0.683. The Bertz CT molecular complexity index is 200. The average molecular weight is 122 g/mol. The van der Waals surface area contributed by atoms with Crippen LogP contribution in [0.2, 0.25) is 0 Å². The summed E-state index contributed by atoms with van der Waals surface area (Å²) in [6.07, 6.45) is 3.37. The van der Waals surface area contributed by atoms with Crippen molar-refractivity contribution in [2.75, 3.05) is 13.1 Å². The van der Waals surface area contributed by atoms with Crippen molar-refractivity contribution in [1.29, 1.82) is 0 Å². The summed E-state index contributed by atoms with van der Waals surface area (Å²) < 4.78 is 0. The van der Waals surface area contributed by atoms with Crippen LogP contribution in [-0.4, -0.2) is 36.4 Å². The molecule has 0 N–H and O–H groups in total. The Labute approximate surface area is 52.6 Å². The van der Waals surface area contributed by atoms with Gasteiger partial charge in [0.05, 0.1) is 12.8 Å². The quantitative estimate of drug-likeness (QED) is 0.436. The van der Waals surface area contributed by atoms with Gasteiger partial charge in [-0.25, -0.2) is 0 Å². The van der Waals surface area contributed by atoms with Gasteiger partial charge in [-0.1, -0.05) is 0 Å². The van der Waals surface area contributed by atoms with Gasteiger partial charge in [-0.05, 0) is 0 Å². The summed E-state index contributed by atoms with van der Waals surface area (Å²) in [4.78, 5) is 6.14. The van der Waals surface area contributed by atoms with E-state index >= 15 is 0 Å². The number of amidine groups is 1. The first-order valence-electron chi connectivity index (χ1n) is 2.84. The highest BCUT2D eigenvalue weighted by Gasteiger charge is 2.14. The van der Waals surface area contributed by atoms with Crippen molar-refractivity contribution < 1.29 is 0 Å². The third kappa shape index (κ3) is 0.630. The Kier molecular flexibility index (Phi) is 0.855. The standard InChI is InChI=1S/C5H6N4/c1-2-9-4-8-7-3-5(9)6-1/h3-4H,1-2H2. The second kappa shape index (κ2) is 1.65. The zero-order valence-corrected chi connectivity index (χ0v) is 4.86. The molecule has 0 bridgehead atoms. The van der Waals surface area contributed by atoms with Crippen molar-refractivity contribution in [1.82, 2.24) is 4.90 Å². The van der Waals surface area contributed by atoms with Gasteiger partial charge in [0.25, 0.3) is 0 Å². The van der Waals surface area contributed by atoms with E-state index in [4.69, 9.17) is 0 Å². The summed E-state index contributed by atoms with van der Waals surface area (Å²) in [5.74, 6) is 0.935. The summed E-state index contributed by atoms with van der Waals surface area (Å²) in [6, 6.07) is 0. The second-order valence-corrected chi connectivity index (χ2v) is 1.91. The largest absolute Gasteiger partial charge is 0.313 e. The summed E-state index contributed by atoms with van der Waals surface area (Å²) in [6.45, 7) is 1.82. The molecule has 0 saturated carbocycles. The van der Waals surface area contributed by atoms with Crippen LogP contribution >= 0.6 is 0 Å². The average Bonchev–Trinajstić information content (AvgIpc) is 2.33. The fourth-order valence-corrected chi connectivity index (χ4v) is 0.887. The Balaban J connectivity index is 2.33. The van der Waals surface area contributed by atoms with Gasteiger partial charge in [-0.15, -0.1) is 5.10 Å². The molecule has 0 aromatic rings. The monoisotopic (exact) mass is 122 g/mol. The van der Waals surface area contributed by atoms with Crippen molar-refractivity contribution >= 4 is 18.4 Å². The first-order valence-corrected chi connectivity index (χ1v) is 2.84. The number of aliphatic imine (C=N–C) groups is 1. The molecule has 0 fully saturated rings. The Morgan fingerprint density at radius 1 is 1.44 bits per heavy atom. The first-order chi connectivity index (χ1) is 4.47. The van der Waals surface area contributed by atoms with Crippen LogP contribution in [0.3, 0.4) is 0 Å². The van der Waals surface area contributed by atoms with Crippen LogP contribution in [0.1, 0.15) is 0 Å². The molecular weight excluding hydrogens is 116 g/mol. The zero-order chi connectivity index (χ0) is 6.10. The van der Waals surface area contributed by atoms with Crippen LogP contribution in [0.25, 0.3) is 0 Å². The minimum atomic E-state index is 0.868. The van der Waals surface area contributed by atoms with Gasteiger partial charge in [-0.2, -0.15) is 5.10 Å². The molecule has 0 saturated heterocycles. The third-order valence-corrected chi connectivity index (χ3v) is 1.34. The molecule has 9 heavy (non-hydrogen) atoms. The molecule has 0 atom stereocenters. The SMILES string of the molecule is C1=NN=CN2CCN=C12. The third-order valence-electron chi connectivity index (χ3n) is 1.34. The highest BCUT2D eigenvalue weighted by atomic mass is 15.4. The summed E-state index contributed by atoms with van der Waals surface area (Å²) in [5, 5.41) is 7.40. The normalized spacial score (nSPS) is 22.2. The zero-order valence-electron chi connectivity index (χ0n) is 4.86. The first kappa shape index (κ1) is 4.67. The van der Waals surface area contributed by atoms with E-state index in [2.05, 4.69) is 15.2 Å². The van der Waals surface area contributed by atoms with Gasteiger partial charge >= 0.3 is 0 Å². The van der Waals surface area contributed by atoms with E-state index in [1.54, 1.807) is 12.6 Å². The van der Waals surface area contributed by atoms with Gasteiger partial charge in [0, 0.05) is 6.54 Å². The fourth-order valence-electron chi connectivity index (χ4n) is 0.887. The minimum absolute atomic E-state index is 0.868. The molecular formula is C5H6N4. The van der Waals surface area contributed by atoms with Crippen molar-refractivity contribution in [2.24, 2.45) is 15.2 Å². The molecule has 0 aliphatic carbocycles. The lowest BCUT2D eigenvalue weighted by Gasteiger charge is -2.11. The van der Waals surface area contributed by atoms with Crippen LogP contribution in [0.4, 0.5) is 0 Å². The predicted octanol–water partition coefficient (Wildman–Crippen LogP) is -0.272. The van der Waals surface area contributed by atoms with Crippen LogP contribution < -0.4 is 0 Å². The van der Waals surface area contributed by atoms with E-state index in [0.29, 0.717) is 0 Å². The number of hydrogen-bond acceptors (Lipinski definition) is 4. The van der Waals surface area contributed by atoms with Gasteiger partial charge in [0.15, 0.2) is 0 Å². The summed E-state index contributed by atoms with van der Waals surface area (Å²) >= 11 is 0. The minimum Gasteiger partial charge on any atom is -0.313 e. The lowest BCUT2D eigenvalue weighted by atomic mass is 10.5. The van der Waals surface area contributed by atoms with E-state index < -0.39 is 0 Å². The summed E-state index contributed by atoms with van der Waals surface area (Å²) in [7, 11) is 0. The highest BCUT2D eigenvalue weighted by molar-refractivity contribution is 6.32. The van der Waals surface area contributed by atoms with Gasteiger partial charge in [0.2, 0.25) is 0 Å². The van der Waals surface area contributed by atoms with E-state index in [1.165, 1.54) is 0 Å². The van der Waals surface area contributed by atoms with Crippen molar-refractivity contribution in [3.8, 4) is 0 Å². The van der Waals surface area contributed by atoms with Crippen molar-refractivity contribution in [3.63, 3.8) is 0 Å². The van der Waals surface area contributed by atoms with Crippen molar-refractivity contribution in [2.45, 2.75) is 0 Å². The van der Waals surface area contributed by atoms with E-state index in [9.17, 15) is 0 Å². The van der Waals surface area contributed by atoms with E-state index in [0.717, 1.165) is 18.9 Å².